The molecule has 6 aromatic rings. The first-order valence-electron chi connectivity index (χ1n) is 17.3. The van der Waals surface area contributed by atoms with Crippen molar-refractivity contribution < 1.29 is 30.0 Å². The standard InChI is InChI=1S/C30H19N2S.C13H24O2.Ir/c1-2-8-19(9-3-1)26-17-22(16-21-11-5-6-12-23(21)26)28-27-25-15-14-20-10-4-7-13-24(20)29(25)33-30(27)32-18-31-28;1-5-10(6-2)12(14)9-13(15)11(7-3)8-4;/h1-13,17-18H,14-15H2;9-11,14H,5-8H2,1-4H3;/q-1;;/b;12-9-;. The van der Waals surface area contributed by atoms with Gasteiger partial charge >= 0.3 is 0 Å². The van der Waals surface area contributed by atoms with Crippen LogP contribution in [0.5, 0.6) is 0 Å². The van der Waals surface area contributed by atoms with Crippen LogP contribution in [0.25, 0.3) is 53.8 Å². The second-order valence-corrected chi connectivity index (χ2v) is 13.5. The van der Waals surface area contributed by atoms with Crippen LogP contribution in [0.4, 0.5) is 0 Å². The zero-order valence-electron chi connectivity index (χ0n) is 28.6. The van der Waals surface area contributed by atoms with Gasteiger partial charge in [0, 0.05) is 54.0 Å². The molecule has 0 aliphatic heterocycles. The number of benzene rings is 4. The Labute approximate surface area is 307 Å². The maximum Gasteiger partial charge on any atom is 0.162 e. The summed E-state index contributed by atoms with van der Waals surface area (Å²) in [6, 6.07) is 33.8. The Hall–Kier alpha value is -3.96. The van der Waals surface area contributed by atoms with Crippen molar-refractivity contribution >= 4 is 38.1 Å². The summed E-state index contributed by atoms with van der Waals surface area (Å²) >= 11 is 1.79. The summed E-state index contributed by atoms with van der Waals surface area (Å²) in [7, 11) is 0. The first-order chi connectivity index (χ1) is 23.5. The summed E-state index contributed by atoms with van der Waals surface area (Å²) in [5, 5.41) is 13.3. The molecule has 0 spiro atoms. The Balaban J connectivity index is 0.000000252. The fourth-order valence-electron chi connectivity index (χ4n) is 6.86. The van der Waals surface area contributed by atoms with E-state index in [2.05, 4.69) is 96.0 Å². The van der Waals surface area contributed by atoms with Crippen LogP contribution in [0.1, 0.15) is 64.5 Å². The molecule has 1 aliphatic rings. The number of aliphatic hydroxyl groups excluding tert-OH is 1. The number of carbonyl (C=O) groups is 1. The molecule has 0 saturated heterocycles. The number of rotatable bonds is 9. The molecule has 1 radical (unpaired) electrons. The van der Waals surface area contributed by atoms with Crippen LogP contribution in [0.2, 0.25) is 0 Å². The van der Waals surface area contributed by atoms with E-state index in [1.54, 1.807) is 17.7 Å². The molecule has 253 valence electrons. The van der Waals surface area contributed by atoms with Gasteiger partial charge < -0.3 is 5.11 Å². The van der Waals surface area contributed by atoms with Crippen LogP contribution in [0.3, 0.4) is 0 Å². The number of ketones is 1. The van der Waals surface area contributed by atoms with Crippen LogP contribution in [0.15, 0.2) is 103 Å². The topological polar surface area (TPSA) is 63.1 Å². The van der Waals surface area contributed by atoms with Gasteiger partial charge in [-0.15, -0.1) is 34.9 Å². The Bertz CT molecular complexity index is 2080. The second-order valence-electron chi connectivity index (χ2n) is 12.5. The van der Waals surface area contributed by atoms with E-state index in [9.17, 15) is 9.90 Å². The molecule has 2 heterocycles. The molecule has 49 heavy (non-hydrogen) atoms. The van der Waals surface area contributed by atoms with Gasteiger partial charge in [-0.1, -0.05) is 117 Å². The third-order valence-electron chi connectivity index (χ3n) is 9.69. The quantitative estimate of drug-likeness (QED) is 0.0895. The van der Waals surface area contributed by atoms with Crippen molar-refractivity contribution in [2.75, 3.05) is 0 Å². The Morgan fingerprint density at radius 2 is 1.51 bits per heavy atom. The number of aromatic nitrogens is 2. The monoisotopic (exact) mass is 844 g/mol. The largest absolute Gasteiger partial charge is 0.512 e. The molecule has 1 N–H and O–H groups in total. The van der Waals surface area contributed by atoms with Gasteiger partial charge in [0.15, 0.2) is 5.78 Å². The van der Waals surface area contributed by atoms with Crippen LogP contribution < -0.4 is 0 Å². The first kappa shape index (κ1) is 36.3. The molecular weight excluding hydrogens is 801 g/mol. The van der Waals surface area contributed by atoms with Crippen LogP contribution in [0, 0.1) is 17.9 Å². The van der Waals surface area contributed by atoms with Gasteiger partial charge in [-0.3, -0.25) is 9.78 Å². The molecule has 4 aromatic carbocycles. The summed E-state index contributed by atoms with van der Waals surface area (Å²) in [4.78, 5) is 23.6. The summed E-state index contributed by atoms with van der Waals surface area (Å²) in [6.07, 6.45) is 8.69. The predicted molar refractivity (Wildman–Crippen MR) is 201 cm³/mol. The Morgan fingerprint density at radius 3 is 2.24 bits per heavy atom. The minimum atomic E-state index is 0. The minimum absolute atomic E-state index is 0. The Kier molecular flexibility index (Phi) is 12.3. The van der Waals surface area contributed by atoms with E-state index in [0.29, 0.717) is 0 Å². The van der Waals surface area contributed by atoms with Crippen LogP contribution in [-0.2, 0) is 37.7 Å². The van der Waals surface area contributed by atoms with Crippen LogP contribution in [-0.4, -0.2) is 20.9 Å². The van der Waals surface area contributed by atoms with Crippen LogP contribution >= 0.6 is 11.3 Å². The van der Waals surface area contributed by atoms with Crippen molar-refractivity contribution in [1.29, 1.82) is 0 Å². The molecule has 7 rings (SSSR count). The minimum Gasteiger partial charge on any atom is -0.512 e. The van der Waals surface area contributed by atoms with E-state index >= 15 is 0 Å². The molecule has 0 unspecified atom stereocenters. The third kappa shape index (κ3) is 7.62. The smallest absolute Gasteiger partial charge is 0.162 e. The predicted octanol–water partition coefficient (Wildman–Crippen LogP) is 11.6. The average molecular weight is 844 g/mol. The molecule has 0 saturated carbocycles. The summed E-state index contributed by atoms with van der Waals surface area (Å²) in [6.45, 7) is 8.07. The van der Waals surface area contributed by atoms with Gasteiger partial charge in [0.05, 0.1) is 5.76 Å². The van der Waals surface area contributed by atoms with E-state index in [1.807, 2.05) is 27.7 Å². The number of aliphatic hydroxyl groups is 1. The van der Waals surface area contributed by atoms with E-state index in [-0.39, 0.29) is 43.5 Å². The third-order valence-corrected chi connectivity index (χ3v) is 10.9. The number of aryl methyl sites for hydroxylation is 2. The number of thiophene rings is 1. The summed E-state index contributed by atoms with van der Waals surface area (Å²) in [5.74, 6) is 0.547. The number of allylic oxidation sites excluding steroid dienone is 2. The maximum atomic E-state index is 11.7. The molecule has 0 fully saturated rings. The van der Waals surface area contributed by atoms with Gasteiger partial charge in [0.2, 0.25) is 0 Å². The fraction of sp³-hybridized carbons (Fsp3) is 0.279. The molecule has 6 heteroatoms. The molecule has 2 aromatic heterocycles. The van der Waals surface area contributed by atoms with Crippen molar-refractivity contribution in [1.82, 2.24) is 9.97 Å². The van der Waals surface area contributed by atoms with Crippen molar-refractivity contribution in [3.05, 3.63) is 120 Å². The van der Waals surface area contributed by atoms with E-state index in [0.717, 1.165) is 60.0 Å². The summed E-state index contributed by atoms with van der Waals surface area (Å²) < 4.78 is 0. The second kappa shape index (κ2) is 16.6. The van der Waals surface area contributed by atoms with E-state index in [1.165, 1.54) is 49.5 Å². The molecule has 1 aliphatic carbocycles. The molecule has 4 nitrogen and oxygen atoms in total. The van der Waals surface area contributed by atoms with Gasteiger partial charge in [-0.05, 0) is 60.8 Å². The van der Waals surface area contributed by atoms with E-state index in [4.69, 9.17) is 4.98 Å². The maximum absolute atomic E-state index is 11.7. The van der Waals surface area contributed by atoms with Gasteiger partial charge in [0.25, 0.3) is 0 Å². The number of nitrogens with zero attached hydrogens (tertiary/aromatic N) is 2. The zero-order chi connectivity index (χ0) is 33.6. The van der Waals surface area contributed by atoms with Gasteiger partial charge in [0.1, 0.15) is 11.2 Å². The van der Waals surface area contributed by atoms with Crippen molar-refractivity contribution in [3.63, 3.8) is 0 Å². The number of hydrogen-bond donors (Lipinski definition) is 1. The molecule has 0 amide bonds. The fourth-order valence-corrected chi connectivity index (χ4v) is 8.12. The number of carbonyl (C=O) groups excluding carboxylic acids is 1. The molecule has 0 bridgehead atoms. The Morgan fingerprint density at radius 1 is 0.837 bits per heavy atom. The van der Waals surface area contributed by atoms with Gasteiger partial charge in [-0.2, -0.15) is 0 Å². The SMILES string of the molecule is CCC(CC)C(=O)/C=C(\O)C(CC)CC.[Ir].[c-]1c(-c2ncnc3sc4c(c23)CCc2ccccc2-4)cc(-c2ccccc2)c2ccccc12. The normalized spacial score (nSPS) is 12.3. The summed E-state index contributed by atoms with van der Waals surface area (Å²) in [5.41, 5.74) is 8.58. The number of fused-ring (bicyclic) bond motifs is 6. The van der Waals surface area contributed by atoms with Crippen molar-refractivity contribution in [2.45, 2.75) is 66.2 Å². The average Bonchev–Trinajstić information content (AvgIpc) is 3.52. The zero-order valence-corrected chi connectivity index (χ0v) is 31.8. The van der Waals surface area contributed by atoms with E-state index < -0.39 is 0 Å². The molecular formula is C43H43IrN2O2S-. The van der Waals surface area contributed by atoms with Gasteiger partial charge in [-0.25, -0.2) is 4.98 Å². The number of hydrogen-bond acceptors (Lipinski definition) is 5. The molecule has 0 atom stereocenters. The van der Waals surface area contributed by atoms with Crippen molar-refractivity contribution in [2.24, 2.45) is 11.8 Å². The first-order valence-corrected chi connectivity index (χ1v) is 18.1. The van der Waals surface area contributed by atoms with Crippen molar-refractivity contribution in [3.8, 4) is 32.8 Å².